The van der Waals surface area contributed by atoms with Crippen molar-refractivity contribution in [3.63, 3.8) is 0 Å². The molecular weight excluding hydrogens is 442 g/mol. The minimum Gasteiger partial charge on any atom is -0.497 e. The predicted octanol–water partition coefficient (Wildman–Crippen LogP) is 3.03. The van der Waals surface area contributed by atoms with Crippen LogP contribution in [0.4, 0.5) is 11.4 Å². The number of rotatable bonds is 5. The van der Waals surface area contributed by atoms with Gasteiger partial charge < -0.3 is 15.0 Å². The lowest BCUT2D eigenvalue weighted by Gasteiger charge is -2.31. The summed E-state index contributed by atoms with van der Waals surface area (Å²) in [6.45, 7) is 3.98. The molecule has 0 radical (unpaired) electrons. The van der Waals surface area contributed by atoms with Crippen LogP contribution in [0.2, 0.25) is 0 Å². The minimum atomic E-state index is -3.75. The first-order chi connectivity index (χ1) is 15.7. The van der Waals surface area contributed by atoms with Crippen LogP contribution in [-0.4, -0.2) is 50.8 Å². The number of nitrogens with zero attached hydrogens (tertiary/aromatic N) is 2. The molecule has 2 amide bonds. The van der Waals surface area contributed by atoms with Gasteiger partial charge in [0.15, 0.2) is 0 Å². The second kappa shape index (κ2) is 9.15. The third-order valence-electron chi connectivity index (χ3n) is 6.36. The number of hydrogen-bond donors (Lipinski definition) is 1. The van der Waals surface area contributed by atoms with Crippen molar-refractivity contribution >= 4 is 33.2 Å². The van der Waals surface area contributed by atoms with Gasteiger partial charge in [0.05, 0.1) is 17.9 Å². The van der Waals surface area contributed by atoms with E-state index in [1.807, 2.05) is 6.92 Å². The number of carbonyl (C=O) groups excluding carboxylic acids is 2. The van der Waals surface area contributed by atoms with E-state index in [1.54, 1.807) is 54.5 Å². The first-order valence-corrected chi connectivity index (χ1v) is 12.5. The molecule has 2 aliphatic rings. The van der Waals surface area contributed by atoms with Gasteiger partial charge in [-0.25, -0.2) is 8.42 Å². The molecule has 0 unspecified atom stereocenters. The molecule has 2 aromatic carbocycles. The molecule has 8 nitrogen and oxygen atoms in total. The fourth-order valence-corrected chi connectivity index (χ4v) is 6.27. The van der Waals surface area contributed by atoms with Crippen molar-refractivity contribution in [2.75, 3.05) is 30.4 Å². The molecule has 0 bridgehead atoms. The first-order valence-electron chi connectivity index (χ1n) is 11.1. The summed E-state index contributed by atoms with van der Waals surface area (Å²) in [4.78, 5) is 26.7. The number of anilines is 2. The molecule has 2 atom stereocenters. The van der Waals surface area contributed by atoms with E-state index in [2.05, 4.69) is 5.32 Å². The lowest BCUT2D eigenvalue weighted by atomic mass is 9.99. The lowest BCUT2D eigenvalue weighted by molar-refractivity contribution is -0.121. The highest BCUT2D eigenvalue weighted by molar-refractivity contribution is 7.89. The topological polar surface area (TPSA) is 96.0 Å². The van der Waals surface area contributed by atoms with Gasteiger partial charge in [-0.3, -0.25) is 9.59 Å². The summed E-state index contributed by atoms with van der Waals surface area (Å²) in [7, 11) is -2.18. The Hall–Kier alpha value is -2.91. The Morgan fingerprint density at radius 1 is 1.12 bits per heavy atom. The van der Waals surface area contributed by atoms with Crippen molar-refractivity contribution in [3.8, 4) is 5.75 Å². The number of ether oxygens (including phenoxy) is 1. The molecule has 0 spiro atoms. The largest absolute Gasteiger partial charge is 0.497 e. The molecule has 176 valence electrons. The van der Waals surface area contributed by atoms with E-state index in [9.17, 15) is 18.0 Å². The average molecular weight is 472 g/mol. The number of amides is 2. The maximum absolute atomic E-state index is 13.4. The summed E-state index contributed by atoms with van der Waals surface area (Å²) in [5, 5.41) is 2.88. The second-order valence-corrected chi connectivity index (χ2v) is 10.6. The highest BCUT2D eigenvalue weighted by Gasteiger charge is 2.35. The van der Waals surface area contributed by atoms with Crippen LogP contribution in [-0.2, 0) is 26.0 Å². The highest BCUT2D eigenvalue weighted by atomic mass is 32.2. The van der Waals surface area contributed by atoms with Crippen LogP contribution in [0.3, 0.4) is 0 Å². The van der Waals surface area contributed by atoms with Crippen LogP contribution in [0, 0.1) is 5.92 Å². The van der Waals surface area contributed by atoms with E-state index in [-0.39, 0.29) is 29.3 Å². The molecule has 33 heavy (non-hydrogen) atoms. The zero-order valence-electron chi connectivity index (χ0n) is 19.1. The third-order valence-corrected chi connectivity index (χ3v) is 8.22. The molecule has 2 aromatic rings. The molecule has 2 aliphatic heterocycles. The zero-order chi connectivity index (χ0) is 23.8. The standard InChI is InChI=1S/C24H29N3O5S/c1-16-13-19-14-22(10-11-23(19)27(16)17(2)28)33(30,31)26-12-4-5-18(15-26)24(29)25-20-6-8-21(32-3)9-7-20/h6-11,14,16,18H,4-5,12-13,15H2,1-3H3,(H,25,29)/t16-,18-/m1/s1. The van der Waals surface area contributed by atoms with Crippen molar-refractivity contribution in [3.05, 3.63) is 48.0 Å². The summed E-state index contributed by atoms with van der Waals surface area (Å²) in [5.41, 5.74) is 2.26. The number of carbonyl (C=O) groups is 2. The van der Waals surface area contributed by atoms with Gasteiger partial charge in [-0.15, -0.1) is 0 Å². The first kappa shape index (κ1) is 23.3. The van der Waals surface area contributed by atoms with Gasteiger partial charge >= 0.3 is 0 Å². The maximum Gasteiger partial charge on any atom is 0.243 e. The fraction of sp³-hybridized carbons (Fsp3) is 0.417. The van der Waals surface area contributed by atoms with Crippen molar-refractivity contribution in [1.29, 1.82) is 0 Å². The van der Waals surface area contributed by atoms with Gasteiger partial charge in [0.2, 0.25) is 21.8 Å². The van der Waals surface area contributed by atoms with Crippen LogP contribution < -0.4 is 15.0 Å². The lowest BCUT2D eigenvalue weighted by Crippen LogP contribution is -2.43. The summed E-state index contributed by atoms with van der Waals surface area (Å²) < 4.78 is 33.3. The van der Waals surface area contributed by atoms with Gasteiger partial charge in [-0.2, -0.15) is 4.31 Å². The van der Waals surface area contributed by atoms with Gasteiger partial charge in [0.25, 0.3) is 0 Å². The van der Waals surface area contributed by atoms with Crippen LogP contribution in [0.1, 0.15) is 32.3 Å². The average Bonchev–Trinajstić information content (AvgIpc) is 3.14. The van der Waals surface area contributed by atoms with E-state index >= 15 is 0 Å². The molecule has 0 aliphatic carbocycles. The fourth-order valence-electron chi connectivity index (χ4n) is 4.69. The highest BCUT2D eigenvalue weighted by Crippen LogP contribution is 2.35. The van der Waals surface area contributed by atoms with Crippen LogP contribution in [0.15, 0.2) is 47.4 Å². The Bertz CT molecular complexity index is 1160. The number of sulfonamides is 1. The molecular formula is C24H29N3O5S. The number of nitrogens with one attached hydrogen (secondary N) is 1. The van der Waals surface area contributed by atoms with Gasteiger partial charge in [0.1, 0.15) is 5.75 Å². The van der Waals surface area contributed by atoms with Crippen LogP contribution in [0.5, 0.6) is 5.75 Å². The van der Waals surface area contributed by atoms with E-state index < -0.39 is 15.9 Å². The van der Waals surface area contributed by atoms with Gasteiger partial charge in [0, 0.05) is 37.4 Å². The molecule has 9 heteroatoms. The molecule has 2 heterocycles. The molecule has 1 fully saturated rings. The molecule has 1 saturated heterocycles. The van der Waals surface area contributed by atoms with Gasteiger partial charge in [-0.05, 0) is 74.2 Å². The Morgan fingerprint density at radius 3 is 2.52 bits per heavy atom. The Morgan fingerprint density at radius 2 is 1.85 bits per heavy atom. The van der Waals surface area contributed by atoms with E-state index in [4.69, 9.17) is 4.74 Å². The SMILES string of the molecule is COc1ccc(NC(=O)[C@@H]2CCCN(S(=O)(=O)c3ccc4c(c3)C[C@@H](C)N4C(C)=O)C2)cc1. The molecule has 4 rings (SSSR count). The summed E-state index contributed by atoms with van der Waals surface area (Å²) in [5.74, 6) is 0.00919. The number of fused-ring (bicyclic) bond motifs is 1. The normalized spacial score (nSPS) is 20.9. The minimum absolute atomic E-state index is 0.00327. The van der Waals surface area contributed by atoms with Crippen molar-refractivity contribution in [2.45, 2.75) is 44.0 Å². The summed E-state index contributed by atoms with van der Waals surface area (Å²) in [6.07, 6.45) is 1.86. The Labute approximate surface area is 194 Å². The van der Waals surface area contributed by atoms with Crippen molar-refractivity contribution in [1.82, 2.24) is 4.31 Å². The summed E-state index contributed by atoms with van der Waals surface area (Å²) in [6, 6.07) is 12.0. The second-order valence-electron chi connectivity index (χ2n) is 8.65. The summed E-state index contributed by atoms with van der Waals surface area (Å²) >= 11 is 0. The molecule has 0 aromatic heterocycles. The van der Waals surface area contributed by atoms with E-state index in [1.165, 1.54) is 11.2 Å². The number of hydrogen-bond acceptors (Lipinski definition) is 5. The number of benzene rings is 2. The van der Waals surface area contributed by atoms with Crippen LogP contribution >= 0.6 is 0 Å². The Balaban J connectivity index is 1.49. The van der Waals surface area contributed by atoms with Gasteiger partial charge in [-0.1, -0.05) is 0 Å². The maximum atomic E-state index is 13.4. The monoisotopic (exact) mass is 471 g/mol. The molecule has 0 saturated carbocycles. The number of methoxy groups -OCH3 is 1. The van der Waals surface area contributed by atoms with Crippen molar-refractivity contribution in [2.24, 2.45) is 5.92 Å². The predicted molar refractivity (Wildman–Crippen MR) is 126 cm³/mol. The van der Waals surface area contributed by atoms with Crippen LogP contribution in [0.25, 0.3) is 0 Å². The Kier molecular flexibility index (Phi) is 6.45. The van der Waals surface area contributed by atoms with E-state index in [0.29, 0.717) is 37.2 Å². The molecule has 1 N–H and O–H groups in total. The third kappa shape index (κ3) is 4.60. The van der Waals surface area contributed by atoms with E-state index in [0.717, 1.165) is 11.3 Å². The quantitative estimate of drug-likeness (QED) is 0.723. The number of piperidine rings is 1. The smallest absolute Gasteiger partial charge is 0.243 e. The zero-order valence-corrected chi connectivity index (χ0v) is 19.9. The van der Waals surface area contributed by atoms with Crippen molar-refractivity contribution < 1.29 is 22.7 Å².